The molecule has 1 unspecified atom stereocenters. The third-order valence-electron chi connectivity index (χ3n) is 4.19. The summed E-state index contributed by atoms with van der Waals surface area (Å²) in [5.41, 5.74) is 1.06. The van der Waals surface area contributed by atoms with E-state index < -0.39 is 9.84 Å². The van der Waals surface area contributed by atoms with E-state index in [0.29, 0.717) is 17.4 Å². The van der Waals surface area contributed by atoms with Crippen molar-refractivity contribution in [2.24, 2.45) is 0 Å². The number of benzene rings is 1. The van der Waals surface area contributed by atoms with Gasteiger partial charge in [0.1, 0.15) is 5.82 Å². The maximum atomic E-state index is 12.3. The van der Waals surface area contributed by atoms with E-state index in [1.54, 1.807) is 7.05 Å². The molecular formula is C17H20N4O3S2. The Morgan fingerprint density at radius 3 is 2.81 bits per heavy atom. The lowest BCUT2D eigenvalue weighted by Crippen LogP contribution is -2.38. The topological polar surface area (TPSA) is 96.0 Å². The summed E-state index contributed by atoms with van der Waals surface area (Å²) in [4.78, 5) is 18.1. The third kappa shape index (κ3) is 4.95. The number of H-pyrrole nitrogens is 1. The second-order valence-electron chi connectivity index (χ2n) is 6.10. The first-order valence-electron chi connectivity index (χ1n) is 8.17. The molecule has 2 aromatic rings. The highest BCUT2D eigenvalue weighted by molar-refractivity contribution is 7.99. The lowest BCUT2D eigenvalue weighted by molar-refractivity contribution is -0.128. The molecule has 0 bridgehead atoms. The van der Waals surface area contributed by atoms with Crippen molar-refractivity contribution in [1.29, 1.82) is 0 Å². The van der Waals surface area contributed by atoms with Crippen LogP contribution in [0, 0.1) is 0 Å². The molecule has 1 N–H and O–H groups in total. The lowest BCUT2D eigenvalue weighted by Gasteiger charge is -2.22. The number of hydrogen-bond donors (Lipinski definition) is 1. The minimum Gasteiger partial charge on any atom is -0.341 e. The second kappa shape index (κ2) is 8.05. The Hall–Kier alpha value is -2.13. The van der Waals surface area contributed by atoms with Crippen LogP contribution in [0.4, 0.5) is 0 Å². The molecule has 7 nitrogen and oxygen atoms in total. The summed E-state index contributed by atoms with van der Waals surface area (Å²) in [7, 11) is -1.35. The maximum absolute atomic E-state index is 12.3. The summed E-state index contributed by atoms with van der Waals surface area (Å²) in [6.07, 6.45) is 4.25. The van der Waals surface area contributed by atoms with Gasteiger partial charge in [-0.15, -0.1) is 5.10 Å². The zero-order valence-corrected chi connectivity index (χ0v) is 16.0. The number of carbonyl (C=O) groups excluding carboxylic acids is 1. The number of carbonyl (C=O) groups is 1. The molecule has 0 spiro atoms. The van der Waals surface area contributed by atoms with Crippen molar-refractivity contribution in [3.63, 3.8) is 0 Å². The highest BCUT2D eigenvalue weighted by Gasteiger charge is 2.32. The average Bonchev–Trinajstić information content (AvgIpc) is 3.24. The van der Waals surface area contributed by atoms with Crippen LogP contribution in [0.3, 0.4) is 0 Å². The van der Waals surface area contributed by atoms with E-state index in [-0.39, 0.29) is 29.2 Å². The zero-order valence-electron chi connectivity index (χ0n) is 14.3. The molecule has 0 aliphatic carbocycles. The molecule has 138 valence electrons. The van der Waals surface area contributed by atoms with Crippen LogP contribution in [-0.4, -0.2) is 64.8 Å². The van der Waals surface area contributed by atoms with E-state index in [0.717, 1.165) is 5.56 Å². The molecule has 1 aliphatic heterocycles. The fourth-order valence-corrected chi connectivity index (χ4v) is 5.15. The van der Waals surface area contributed by atoms with Gasteiger partial charge in [0.25, 0.3) is 0 Å². The van der Waals surface area contributed by atoms with Gasteiger partial charge < -0.3 is 4.90 Å². The van der Waals surface area contributed by atoms with E-state index in [4.69, 9.17) is 0 Å². The van der Waals surface area contributed by atoms with Crippen molar-refractivity contribution in [3.8, 4) is 0 Å². The largest absolute Gasteiger partial charge is 0.341 e. The molecule has 0 saturated carbocycles. The molecule has 1 saturated heterocycles. The van der Waals surface area contributed by atoms with Crippen LogP contribution < -0.4 is 0 Å². The number of sulfone groups is 1. The number of nitrogens with zero attached hydrogens (tertiary/aromatic N) is 3. The summed E-state index contributed by atoms with van der Waals surface area (Å²) in [5.74, 6) is 0.865. The van der Waals surface area contributed by atoms with E-state index in [1.807, 2.05) is 42.5 Å². The number of nitrogens with one attached hydrogen (secondary N) is 1. The Morgan fingerprint density at radius 1 is 1.35 bits per heavy atom. The first kappa shape index (κ1) is 18.7. The Kier molecular flexibility index (Phi) is 5.77. The molecule has 1 atom stereocenters. The highest BCUT2D eigenvalue weighted by Crippen LogP contribution is 2.19. The zero-order chi connectivity index (χ0) is 18.6. The van der Waals surface area contributed by atoms with Gasteiger partial charge in [-0.05, 0) is 18.1 Å². The Bertz CT molecular complexity index is 894. The van der Waals surface area contributed by atoms with E-state index >= 15 is 0 Å². The normalized spacial score (nSPS) is 19.0. The number of aromatic amines is 1. The fourth-order valence-electron chi connectivity index (χ4n) is 2.65. The molecule has 9 heteroatoms. The number of rotatable bonds is 6. The summed E-state index contributed by atoms with van der Waals surface area (Å²) >= 11 is 1.23. The predicted octanol–water partition coefficient (Wildman–Crippen LogP) is 1.71. The van der Waals surface area contributed by atoms with Gasteiger partial charge >= 0.3 is 0 Å². The first-order chi connectivity index (χ1) is 12.4. The van der Waals surface area contributed by atoms with Gasteiger partial charge in [0, 0.05) is 13.1 Å². The Labute approximate surface area is 156 Å². The number of hydrogen-bond acceptors (Lipinski definition) is 6. The summed E-state index contributed by atoms with van der Waals surface area (Å²) in [6, 6.07) is 9.61. The monoisotopic (exact) mass is 392 g/mol. The van der Waals surface area contributed by atoms with Gasteiger partial charge in [-0.2, -0.15) is 0 Å². The summed E-state index contributed by atoms with van der Waals surface area (Å²) in [6.45, 7) is 0. The summed E-state index contributed by atoms with van der Waals surface area (Å²) < 4.78 is 23.1. The minimum atomic E-state index is -3.01. The molecule has 2 heterocycles. The van der Waals surface area contributed by atoms with E-state index in [9.17, 15) is 13.2 Å². The lowest BCUT2D eigenvalue weighted by atomic mass is 10.2. The summed E-state index contributed by atoms with van der Waals surface area (Å²) in [5, 5.41) is 7.40. The average molecular weight is 393 g/mol. The van der Waals surface area contributed by atoms with Gasteiger partial charge in [0.2, 0.25) is 11.1 Å². The van der Waals surface area contributed by atoms with Crippen molar-refractivity contribution >= 4 is 39.7 Å². The van der Waals surface area contributed by atoms with Gasteiger partial charge in [0.15, 0.2) is 9.84 Å². The Morgan fingerprint density at radius 2 is 2.12 bits per heavy atom. The molecule has 3 rings (SSSR count). The minimum absolute atomic E-state index is 0.0506. The molecule has 26 heavy (non-hydrogen) atoms. The van der Waals surface area contributed by atoms with Crippen LogP contribution in [0.1, 0.15) is 17.8 Å². The van der Waals surface area contributed by atoms with E-state index in [2.05, 4.69) is 15.2 Å². The van der Waals surface area contributed by atoms with Crippen molar-refractivity contribution in [2.75, 3.05) is 24.3 Å². The molecule has 1 fully saturated rings. The number of aromatic nitrogens is 3. The van der Waals surface area contributed by atoms with Crippen molar-refractivity contribution in [3.05, 3.63) is 41.7 Å². The Balaban J connectivity index is 1.51. The van der Waals surface area contributed by atoms with Crippen LogP contribution in [-0.2, 0) is 14.6 Å². The smallest absolute Gasteiger partial charge is 0.233 e. The van der Waals surface area contributed by atoms with Crippen LogP contribution in [0.5, 0.6) is 0 Å². The molecule has 0 radical (unpaired) electrons. The van der Waals surface area contributed by atoms with Crippen LogP contribution >= 0.6 is 11.8 Å². The highest BCUT2D eigenvalue weighted by atomic mass is 32.2. The first-order valence-corrected chi connectivity index (χ1v) is 11.0. The standard InChI is InChI=1S/C17H20N4O3S2/c1-21(14-9-10-26(23,24)12-14)16(22)11-25-17-18-15(19-20-17)8-7-13-5-3-2-4-6-13/h2-8,14H,9-12H2,1H3,(H,18,19,20). The maximum Gasteiger partial charge on any atom is 0.233 e. The van der Waals surface area contributed by atoms with Crippen molar-refractivity contribution in [2.45, 2.75) is 17.6 Å². The molecule has 1 aliphatic rings. The van der Waals surface area contributed by atoms with Crippen molar-refractivity contribution < 1.29 is 13.2 Å². The quantitative estimate of drug-likeness (QED) is 0.752. The van der Waals surface area contributed by atoms with E-state index in [1.165, 1.54) is 16.7 Å². The van der Waals surface area contributed by atoms with Gasteiger partial charge in [0.05, 0.1) is 17.3 Å². The molecule has 1 aromatic carbocycles. The second-order valence-corrected chi connectivity index (χ2v) is 9.27. The SMILES string of the molecule is CN(C(=O)CSc1n[nH]c(C=Cc2ccccc2)n1)C1CCS(=O)(=O)C1. The van der Waals surface area contributed by atoms with Crippen LogP contribution in [0.15, 0.2) is 35.5 Å². The van der Waals surface area contributed by atoms with Crippen LogP contribution in [0.2, 0.25) is 0 Å². The molecular weight excluding hydrogens is 372 g/mol. The van der Waals surface area contributed by atoms with Crippen molar-refractivity contribution in [1.82, 2.24) is 20.1 Å². The molecule has 1 amide bonds. The molecule has 1 aromatic heterocycles. The number of amides is 1. The fraction of sp³-hybridized carbons (Fsp3) is 0.353. The van der Waals surface area contributed by atoms with Gasteiger partial charge in [-0.3, -0.25) is 9.89 Å². The van der Waals surface area contributed by atoms with Crippen LogP contribution in [0.25, 0.3) is 12.2 Å². The predicted molar refractivity (Wildman–Crippen MR) is 102 cm³/mol. The third-order valence-corrected chi connectivity index (χ3v) is 6.77. The number of thioether (sulfide) groups is 1. The van der Waals surface area contributed by atoms with Gasteiger partial charge in [-0.1, -0.05) is 48.2 Å². The van der Waals surface area contributed by atoms with Gasteiger partial charge in [-0.25, -0.2) is 13.4 Å².